The lowest BCUT2D eigenvalue weighted by Gasteiger charge is -2.01. The molecule has 0 radical (unpaired) electrons. The minimum absolute atomic E-state index is 0.123. The summed E-state index contributed by atoms with van der Waals surface area (Å²) in [6, 6.07) is 5.01. The molecule has 3 heteroatoms. The van der Waals surface area contributed by atoms with E-state index in [0.717, 1.165) is 0 Å². The topological polar surface area (TPSA) is 63.3 Å². The number of carbonyl (C=O) groups is 1. The molecule has 1 aromatic carbocycles. The summed E-state index contributed by atoms with van der Waals surface area (Å²) in [5, 5.41) is 8.87. The molecule has 0 amide bonds. The number of nitrogen functional groups attached to an aromatic ring is 1. The fourth-order valence-electron chi connectivity index (χ4n) is 0.933. The van der Waals surface area contributed by atoms with Crippen LogP contribution in [0.1, 0.15) is 11.1 Å². The highest BCUT2D eigenvalue weighted by molar-refractivity contribution is 5.74. The van der Waals surface area contributed by atoms with Gasteiger partial charge in [0.15, 0.2) is 6.29 Å². The summed E-state index contributed by atoms with van der Waals surface area (Å²) in [4.78, 5) is 9.95. The Kier molecular flexibility index (Phi) is 3.07. The third-order valence-corrected chi connectivity index (χ3v) is 1.59. The van der Waals surface area contributed by atoms with Gasteiger partial charge in [0.25, 0.3) is 0 Å². The van der Waals surface area contributed by atoms with Crippen molar-refractivity contribution in [2.45, 2.75) is 6.61 Å². The summed E-state index contributed by atoms with van der Waals surface area (Å²) in [5.41, 5.74) is 7.37. The summed E-state index contributed by atoms with van der Waals surface area (Å²) in [6.45, 7) is -0.123. The van der Waals surface area contributed by atoms with E-state index in [2.05, 4.69) is 11.8 Å². The molecule has 0 saturated heterocycles. The molecule has 0 aliphatic carbocycles. The van der Waals surface area contributed by atoms with Crippen LogP contribution < -0.4 is 5.73 Å². The summed E-state index contributed by atoms with van der Waals surface area (Å²) in [7, 11) is 0. The number of aldehydes is 1. The Balaban J connectivity index is 3.06. The van der Waals surface area contributed by atoms with Crippen LogP contribution in [0.15, 0.2) is 18.2 Å². The lowest BCUT2D eigenvalue weighted by atomic mass is 10.1. The molecule has 1 rings (SSSR count). The number of rotatable bonds is 1. The first-order chi connectivity index (χ1) is 6.27. The number of hydrogen-bond donors (Lipinski definition) is 2. The zero-order valence-corrected chi connectivity index (χ0v) is 6.95. The third kappa shape index (κ3) is 2.32. The Morgan fingerprint density at radius 1 is 1.54 bits per heavy atom. The zero-order valence-electron chi connectivity index (χ0n) is 6.95. The van der Waals surface area contributed by atoms with Crippen molar-refractivity contribution in [2.75, 3.05) is 5.73 Å². The van der Waals surface area contributed by atoms with E-state index in [1.54, 1.807) is 18.2 Å². The van der Waals surface area contributed by atoms with E-state index in [4.69, 9.17) is 10.8 Å². The van der Waals surface area contributed by atoms with Crippen LogP contribution >= 0.6 is 0 Å². The van der Waals surface area contributed by atoms with E-state index >= 15 is 0 Å². The first kappa shape index (κ1) is 9.30. The second-order valence-corrected chi connectivity index (χ2v) is 2.46. The van der Waals surface area contributed by atoms with Crippen LogP contribution in [-0.2, 0) is 11.4 Å². The van der Waals surface area contributed by atoms with Crippen molar-refractivity contribution in [3.8, 4) is 11.8 Å². The lowest BCUT2D eigenvalue weighted by molar-refractivity contribution is -0.103. The van der Waals surface area contributed by atoms with E-state index in [1.165, 1.54) is 0 Å². The summed E-state index contributed by atoms with van der Waals surface area (Å²) in [6.07, 6.45) is 0.523. The van der Waals surface area contributed by atoms with Gasteiger partial charge in [0, 0.05) is 16.8 Å². The van der Waals surface area contributed by atoms with Gasteiger partial charge in [-0.3, -0.25) is 4.79 Å². The van der Waals surface area contributed by atoms with E-state index in [-0.39, 0.29) is 6.61 Å². The molecule has 0 fully saturated rings. The number of benzene rings is 1. The highest BCUT2D eigenvalue weighted by atomic mass is 16.3. The summed E-state index contributed by atoms with van der Waals surface area (Å²) < 4.78 is 0. The maximum absolute atomic E-state index is 9.95. The van der Waals surface area contributed by atoms with Gasteiger partial charge in [-0.25, -0.2) is 0 Å². The number of aliphatic hydroxyl groups is 1. The first-order valence-electron chi connectivity index (χ1n) is 3.72. The second kappa shape index (κ2) is 4.29. The smallest absolute Gasteiger partial charge is 0.193 e. The van der Waals surface area contributed by atoms with Gasteiger partial charge in [-0.1, -0.05) is 5.92 Å². The largest absolute Gasteiger partial charge is 0.398 e. The first-order valence-corrected chi connectivity index (χ1v) is 3.72. The van der Waals surface area contributed by atoms with Crippen LogP contribution in [0.3, 0.4) is 0 Å². The normalized spacial score (nSPS) is 8.69. The van der Waals surface area contributed by atoms with Crippen LogP contribution in [0.4, 0.5) is 5.69 Å². The molecule has 1 aromatic rings. The van der Waals surface area contributed by atoms with Gasteiger partial charge in [-0.15, -0.1) is 0 Å². The number of nitrogens with two attached hydrogens (primary N) is 1. The predicted molar refractivity (Wildman–Crippen MR) is 49.7 cm³/mol. The van der Waals surface area contributed by atoms with Crippen LogP contribution in [-0.4, -0.2) is 11.4 Å². The van der Waals surface area contributed by atoms with Gasteiger partial charge in [0.05, 0.1) is 6.61 Å². The molecule has 66 valence electrons. The van der Waals surface area contributed by atoms with Crippen LogP contribution in [0, 0.1) is 11.8 Å². The standard InChI is InChI=1S/C10H9NO2/c11-10-4-3-8(2-1-5-12)6-9(10)7-13/h3-6,13H,7,11H2. The molecule has 0 aliphatic heterocycles. The van der Waals surface area contributed by atoms with Gasteiger partial charge in [-0.05, 0) is 24.1 Å². The number of hydrogen-bond acceptors (Lipinski definition) is 3. The number of anilines is 1. The Bertz CT molecular complexity index is 374. The van der Waals surface area contributed by atoms with Crippen LogP contribution in [0.5, 0.6) is 0 Å². The molecule has 0 unspecified atom stereocenters. The highest BCUT2D eigenvalue weighted by Crippen LogP contribution is 2.12. The maximum atomic E-state index is 9.95. The Morgan fingerprint density at radius 3 is 2.92 bits per heavy atom. The molecule has 0 spiro atoms. The van der Waals surface area contributed by atoms with Gasteiger partial charge in [-0.2, -0.15) is 0 Å². The van der Waals surface area contributed by atoms with Crippen molar-refractivity contribution in [3.63, 3.8) is 0 Å². The second-order valence-electron chi connectivity index (χ2n) is 2.46. The molecule has 13 heavy (non-hydrogen) atoms. The maximum Gasteiger partial charge on any atom is 0.193 e. The molecule has 0 bridgehead atoms. The minimum Gasteiger partial charge on any atom is -0.398 e. The molecule has 0 aliphatic rings. The zero-order chi connectivity index (χ0) is 9.68. The molecule has 0 atom stereocenters. The highest BCUT2D eigenvalue weighted by Gasteiger charge is 1.97. The van der Waals surface area contributed by atoms with E-state index < -0.39 is 0 Å². The van der Waals surface area contributed by atoms with Crippen molar-refractivity contribution in [1.82, 2.24) is 0 Å². The Labute approximate surface area is 76.2 Å². The SMILES string of the molecule is Nc1ccc(C#CC=O)cc1CO. The van der Waals surface area contributed by atoms with Crippen LogP contribution in [0.25, 0.3) is 0 Å². The Hall–Kier alpha value is -1.79. The van der Waals surface area contributed by atoms with Gasteiger partial charge in [0.1, 0.15) is 0 Å². The van der Waals surface area contributed by atoms with Crippen LogP contribution in [0.2, 0.25) is 0 Å². The average Bonchev–Trinajstić information content (AvgIpc) is 2.16. The lowest BCUT2D eigenvalue weighted by Crippen LogP contribution is -1.94. The summed E-state index contributed by atoms with van der Waals surface area (Å²) >= 11 is 0. The molecule has 0 aromatic heterocycles. The van der Waals surface area contributed by atoms with Gasteiger partial charge >= 0.3 is 0 Å². The predicted octanol–water partition coefficient (Wildman–Crippen LogP) is 0.312. The van der Waals surface area contributed by atoms with E-state index in [0.29, 0.717) is 23.1 Å². The fourth-order valence-corrected chi connectivity index (χ4v) is 0.933. The molecule has 0 saturated carbocycles. The molecular formula is C10H9NO2. The summed E-state index contributed by atoms with van der Waals surface area (Å²) in [5.74, 6) is 4.89. The van der Waals surface area contributed by atoms with Gasteiger partial charge < -0.3 is 10.8 Å². The van der Waals surface area contributed by atoms with Crippen molar-refractivity contribution < 1.29 is 9.90 Å². The van der Waals surface area contributed by atoms with Crippen molar-refractivity contribution in [2.24, 2.45) is 0 Å². The fraction of sp³-hybridized carbons (Fsp3) is 0.100. The van der Waals surface area contributed by atoms with E-state index in [1.807, 2.05) is 0 Å². The molecule has 3 nitrogen and oxygen atoms in total. The molecular weight excluding hydrogens is 166 g/mol. The average molecular weight is 175 g/mol. The van der Waals surface area contributed by atoms with Crippen molar-refractivity contribution in [3.05, 3.63) is 29.3 Å². The molecule has 3 N–H and O–H groups in total. The quantitative estimate of drug-likeness (QED) is 0.367. The van der Waals surface area contributed by atoms with Gasteiger partial charge in [0.2, 0.25) is 0 Å². The minimum atomic E-state index is -0.123. The number of carbonyl (C=O) groups excluding carboxylic acids is 1. The van der Waals surface area contributed by atoms with E-state index in [9.17, 15) is 4.79 Å². The third-order valence-electron chi connectivity index (χ3n) is 1.59. The number of aliphatic hydroxyl groups excluding tert-OH is 1. The van der Waals surface area contributed by atoms with Crippen molar-refractivity contribution in [1.29, 1.82) is 0 Å². The monoisotopic (exact) mass is 175 g/mol. The Morgan fingerprint density at radius 2 is 2.31 bits per heavy atom. The van der Waals surface area contributed by atoms with Crippen molar-refractivity contribution >= 4 is 12.0 Å². The molecule has 0 heterocycles.